The first kappa shape index (κ1) is 44.8. The summed E-state index contributed by atoms with van der Waals surface area (Å²) < 4.78 is 34.8. The third-order valence-corrected chi connectivity index (χ3v) is 12.0. The van der Waals surface area contributed by atoms with E-state index >= 15 is 0 Å². The Balaban J connectivity index is 1.01. The van der Waals surface area contributed by atoms with Gasteiger partial charge in [0.15, 0.2) is 12.6 Å². The van der Waals surface area contributed by atoms with Crippen LogP contribution in [-0.4, -0.2) is 124 Å². The van der Waals surface area contributed by atoms with Gasteiger partial charge in [0.25, 0.3) is 0 Å². The van der Waals surface area contributed by atoms with Crippen molar-refractivity contribution in [3.63, 3.8) is 0 Å². The first-order valence-electron chi connectivity index (χ1n) is 18.7. The smallest absolute Gasteiger partial charge is 0.249 e. The predicted molar refractivity (Wildman–Crippen MR) is 210 cm³/mol. The highest BCUT2D eigenvalue weighted by atomic mass is 33.1. The van der Waals surface area contributed by atoms with Crippen LogP contribution in [0, 0.1) is 10.8 Å². The molecule has 2 saturated heterocycles. The number of methoxy groups -OCH3 is 2. The fourth-order valence-corrected chi connectivity index (χ4v) is 8.09. The van der Waals surface area contributed by atoms with Gasteiger partial charge in [-0.15, -0.1) is 0 Å². The standard InChI is InChI=1S/C38H62N4O10S2/c1-37(2)23-49-35(25-7-11-27(47-5)12-8-25)51-31(37)33(45)41-17-15-29(43)39-19-21-53-54-22-20-40-30(44)16-18-42-34(46)32-38(3,4)24-50-36(52-32)26-9-13-28(48-6)14-10-26/h7-9,11-13,29-33,35-36,39-41,43-45H,10,14-24H2,1-6H3,(H,42,46). The third-order valence-electron chi connectivity index (χ3n) is 9.55. The molecule has 1 aromatic carbocycles. The zero-order chi connectivity index (χ0) is 39.1. The van der Waals surface area contributed by atoms with Gasteiger partial charge in [-0.05, 0) is 36.6 Å². The van der Waals surface area contributed by atoms with Crippen LogP contribution in [-0.2, 0) is 28.5 Å². The molecule has 1 aliphatic carbocycles. The Bertz CT molecular complexity index is 1350. The molecule has 0 saturated carbocycles. The summed E-state index contributed by atoms with van der Waals surface area (Å²) in [6, 6.07) is 7.47. The van der Waals surface area contributed by atoms with E-state index in [1.807, 2.05) is 64.1 Å². The first-order valence-corrected chi connectivity index (χ1v) is 21.2. The highest BCUT2D eigenvalue weighted by Gasteiger charge is 2.44. The lowest BCUT2D eigenvalue weighted by atomic mass is 9.85. The van der Waals surface area contributed by atoms with E-state index in [2.05, 4.69) is 21.3 Å². The Morgan fingerprint density at radius 3 is 2.04 bits per heavy atom. The van der Waals surface area contributed by atoms with Crippen LogP contribution in [0.2, 0.25) is 0 Å². The minimum absolute atomic E-state index is 0.211. The Hall–Kier alpha value is -1.93. The van der Waals surface area contributed by atoms with E-state index in [1.165, 1.54) is 0 Å². The van der Waals surface area contributed by atoms with Gasteiger partial charge in [-0.25, -0.2) is 0 Å². The molecule has 0 spiro atoms. The SMILES string of the molecule is COC1=CC=C(C2OCC(C)(C)C(C(=O)NCCC(O)NCCSSCCNC(O)CCNC(O)C3OC(c4ccc(OC)cc4)OCC3(C)C)O2)CC1. The summed E-state index contributed by atoms with van der Waals surface area (Å²) >= 11 is 0. The lowest BCUT2D eigenvalue weighted by Gasteiger charge is -2.44. The quantitative estimate of drug-likeness (QED) is 0.0516. The van der Waals surface area contributed by atoms with E-state index in [1.54, 1.807) is 35.8 Å². The zero-order valence-corrected chi connectivity index (χ0v) is 34.1. The second-order valence-electron chi connectivity index (χ2n) is 15.0. The zero-order valence-electron chi connectivity index (χ0n) is 32.5. The van der Waals surface area contributed by atoms with E-state index in [0.29, 0.717) is 52.2 Å². The maximum absolute atomic E-state index is 13.1. The molecule has 2 fully saturated rings. The first-order chi connectivity index (χ1) is 25.8. The van der Waals surface area contributed by atoms with Gasteiger partial charge in [-0.2, -0.15) is 0 Å². The van der Waals surface area contributed by atoms with Gasteiger partial charge >= 0.3 is 0 Å². The number of nitrogens with one attached hydrogen (secondary N) is 4. The van der Waals surface area contributed by atoms with Crippen molar-refractivity contribution in [1.82, 2.24) is 21.3 Å². The molecule has 0 bridgehead atoms. The number of aliphatic hydroxyl groups excluding tert-OH is 3. The lowest BCUT2D eigenvalue weighted by Crippen LogP contribution is -2.54. The monoisotopic (exact) mass is 798 g/mol. The Kier molecular flexibility index (Phi) is 18.3. The molecule has 3 aliphatic rings. The molecule has 14 nitrogen and oxygen atoms in total. The average Bonchev–Trinajstić information content (AvgIpc) is 3.15. The van der Waals surface area contributed by atoms with Crippen molar-refractivity contribution in [2.75, 3.05) is 65.1 Å². The molecule has 1 aromatic rings. The topological polar surface area (TPSA) is 181 Å². The van der Waals surface area contributed by atoms with Gasteiger partial charge in [0, 0.05) is 66.9 Å². The number of aliphatic hydroxyl groups is 3. The fraction of sp³-hybridized carbons (Fsp3) is 0.711. The molecule has 16 heteroatoms. The largest absolute Gasteiger partial charge is 0.501 e. The van der Waals surface area contributed by atoms with Crippen molar-refractivity contribution < 1.29 is 48.5 Å². The van der Waals surface area contributed by atoms with Crippen LogP contribution in [0.3, 0.4) is 0 Å². The Morgan fingerprint density at radius 1 is 0.796 bits per heavy atom. The fourth-order valence-electron chi connectivity index (χ4n) is 6.25. The molecule has 7 N–H and O–H groups in total. The average molecular weight is 799 g/mol. The van der Waals surface area contributed by atoms with Gasteiger partial charge in [-0.1, -0.05) is 67.5 Å². The van der Waals surface area contributed by atoms with Gasteiger partial charge < -0.3 is 49.1 Å². The third kappa shape index (κ3) is 13.9. The lowest BCUT2D eigenvalue weighted by molar-refractivity contribution is -0.287. The second kappa shape index (κ2) is 22.1. The number of benzene rings is 1. The molecule has 7 unspecified atom stereocenters. The number of carbonyl (C=O) groups is 1. The normalized spacial score (nSPS) is 25.5. The maximum atomic E-state index is 13.1. The summed E-state index contributed by atoms with van der Waals surface area (Å²) in [5.74, 6) is 3.01. The summed E-state index contributed by atoms with van der Waals surface area (Å²) in [6.07, 6.45) is 1.40. The van der Waals surface area contributed by atoms with E-state index in [4.69, 9.17) is 28.4 Å². The van der Waals surface area contributed by atoms with E-state index < -0.39 is 54.3 Å². The molecular formula is C38H62N4O10S2. The highest BCUT2D eigenvalue weighted by Crippen LogP contribution is 2.38. The van der Waals surface area contributed by atoms with Gasteiger partial charge in [0.05, 0.1) is 33.2 Å². The van der Waals surface area contributed by atoms with Crippen molar-refractivity contribution in [1.29, 1.82) is 0 Å². The van der Waals surface area contributed by atoms with Crippen molar-refractivity contribution in [2.45, 2.75) is 96.8 Å². The van der Waals surface area contributed by atoms with Crippen molar-refractivity contribution in [3.05, 3.63) is 53.3 Å². The molecule has 4 rings (SSSR count). The van der Waals surface area contributed by atoms with Gasteiger partial charge in [0.2, 0.25) is 5.91 Å². The van der Waals surface area contributed by atoms with E-state index in [0.717, 1.165) is 47.0 Å². The number of ether oxygens (including phenoxy) is 6. The number of hydrogen-bond acceptors (Lipinski definition) is 15. The summed E-state index contributed by atoms with van der Waals surface area (Å²) in [5, 5.41) is 43.9. The molecule has 2 aliphatic heterocycles. The van der Waals surface area contributed by atoms with Crippen LogP contribution in [0.25, 0.3) is 0 Å². The molecule has 1 amide bonds. The number of rotatable bonds is 22. The minimum Gasteiger partial charge on any atom is -0.501 e. The van der Waals surface area contributed by atoms with Crippen molar-refractivity contribution in [2.24, 2.45) is 10.8 Å². The number of allylic oxidation sites excluding steroid dienone is 3. The maximum Gasteiger partial charge on any atom is 0.249 e. The number of amides is 1. The predicted octanol–water partition coefficient (Wildman–Crippen LogP) is 3.16. The van der Waals surface area contributed by atoms with Crippen LogP contribution in [0.4, 0.5) is 0 Å². The Morgan fingerprint density at radius 2 is 1.43 bits per heavy atom. The molecule has 0 aromatic heterocycles. The molecule has 0 radical (unpaired) electrons. The summed E-state index contributed by atoms with van der Waals surface area (Å²) in [6.45, 7) is 10.6. The number of carbonyl (C=O) groups excluding carboxylic acids is 1. The van der Waals surface area contributed by atoms with Gasteiger partial charge in [0.1, 0.15) is 36.6 Å². The summed E-state index contributed by atoms with van der Waals surface area (Å²) in [4.78, 5) is 13.1. The second-order valence-corrected chi connectivity index (χ2v) is 17.7. The van der Waals surface area contributed by atoms with Crippen LogP contribution in [0.15, 0.2) is 47.7 Å². The Labute approximate surface area is 328 Å². The molecule has 7 atom stereocenters. The highest BCUT2D eigenvalue weighted by molar-refractivity contribution is 8.76. The van der Waals surface area contributed by atoms with Crippen molar-refractivity contribution >= 4 is 27.5 Å². The van der Waals surface area contributed by atoms with Crippen LogP contribution >= 0.6 is 21.6 Å². The van der Waals surface area contributed by atoms with E-state index in [-0.39, 0.29) is 5.91 Å². The number of hydrogen-bond donors (Lipinski definition) is 7. The van der Waals surface area contributed by atoms with Crippen molar-refractivity contribution in [3.8, 4) is 5.75 Å². The molecular weight excluding hydrogens is 737 g/mol. The van der Waals surface area contributed by atoms with Crippen LogP contribution in [0.1, 0.15) is 65.2 Å². The molecule has 306 valence electrons. The summed E-state index contributed by atoms with van der Waals surface area (Å²) in [5.41, 5.74) is 0.920. The van der Waals surface area contributed by atoms with Crippen LogP contribution < -0.4 is 26.0 Å². The molecule has 54 heavy (non-hydrogen) atoms. The van der Waals surface area contributed by atoms with Gasteiger partial charge in [-0.3, -0.25) is 20.7 Å². The van der Waals surface area contributed by atoms with E-state index in [9.17, 15) is 20.1 Å². The minimum atomic E-state index is -0.935. The summed E-state index contributed by atoms with van der Waals surface area (Å²) in [7, 11) is 6.63. The molecule has 2 heterocycles. The van der Waals surface area contributed by atoms with Crippen LogP contribution in [0.5, 0.6) is 5.75 Å².